The van der Waals surface area contributed by atoms with Crippen LogP contribution in [-0.4, -0.2) is 11.1 Å². The number of rotatable bonds is 4. The first-order valence-corrected chi connectivity index (χ1v) is 7.37. The Bertz CT molecular complexity index is 348. The Labute approximate surface area is 107 Å². The lowest BCUT2D eigenvalue weighted by Gasteiger charge is -2.27. The van der Waals surface area contributed by atoms with Crippen LogP contribution in [0.25, 0.3) is 0 Å². The Morgan fingerprint density at radius 2 is 2.00 bits per heavy atom. The minimum atomic E-state index is -0.573. The molecule has 1 aliphatic rings. The second-order valence-corrected chi connectivity index (χ2v) is 6.11. The molecular formula is C14H20O2S. The third-order valence-corrected chi connectivity index (χ3v) is 4.88. The highest BCUT2D eigenvalue weighted by Crippen LogP contribution is 2.39. The highest BCUT2D eigenvalue weighted by Gasteiger charge is 2.37. The van der Waals surface area contributed by atoms with E-state index in [-0.39, 0.29) is 0 Å². The van der Waals surface area contributed by atoms with Gasteiger partial charge >= 0.3 is 5.97 Å². The molecule has 1 fully saturated rings. The Morgan fingerprint density at radius 3 is 2.53 bits per heavy atom. The van der Waals surface area contributed by atoms with E-state index in [0.717, 1.165) is 38.5 Å². The van der Waals surface area contributed by atoms with Gasteiger partial charge in [-0.15, -0.1) is 11.3 Å². The lowest BCUT2D eigenvalue weighted by molar-refractivity contribution is -0.150. The van der Waals surface area contributed by atoms with Crippen LogP contribution >= 0.6 is 11.3 Å². The maximum atomic E-state index is 11.6. The van der Waals surface area contributed by atoms with Gasteiger partial charge in [0.2, 0.25) is 0 Å². The number of carbonyl (C=O) groups is 1. The van der Waals surface area contributed by atoms with Gasteiger partial charge < -0.3 is 5.11 Å². The molecule has 0 aromatic carbocycles. The summed E-state index contributed by atoms with van der Waals surface area (Å²) in [6.07, 6.45) is 8.03. The van der Waals surface area contributed by atoms with Gasteiger partial charge in [0.25, 0.3) is 0 Å². The number of aliphatic carboxylic acids is 1. The maximum Gasteiger partial charge on any atom is 0.309 e. The quantitative estimate of drug-likeness (QED) is 0.819. The summed E-state index contributed by atoms with van der Waals surface area (Å²) >= 11 is 1.73. The van der Waals surface area contributed by atoms with E-state index >= 15 is 0 Å². The number of aryl methyl sites for hydroxylation is 1. The van der Waals surface area contributed by atoms with Crippen molar-refractivity contribution in [3.63, 3.8) is 0 Å². The maximum absolute atomic E-state index is 11.6. The zero-order valence-electron chi connectivity index (χ0n) is 10.2. The first kappa shape index (κ1) is 12.6. The van der Waals surface area contributed by atoms with E-state index < -0.39 is 11.4 Å². The molecule has 0 radical (unpaired) electrons. The van der Waals surface area contributed by atoms with Crippen molar-refractivity contribution in [1.82, 2.24) is 0 Å². The number of carboxylic acids is 1. The molecule has 0 aliphatic heterocycles. The minimum absolute atomic E-state index is 0.444. The summed E-state index contributed by atoms with van der Waals surface area (Å²) in [5, 5.41) is 11.6. The first-order valence-electron chi connectivity index (χ1n) is 6.49. The molecule has 94 valence electrons. The van der Waals surface area contributed by atoms with Crippen LogP contribution in [0.1, 0.15) is 49.8 Å². The lowest BCUT2D eigenvalue weighted by Crippen LogP contribution is -2.31. The average molecular weight is 252 g/mol. The number of hydrogen-bond donors (Lipinski definition) is 1. The van der Waals surface area contributed by atoms with Crippen LogP contribution in [0.2, 0.25) is 0 Å². The Kier molecular flexibility index (Phi) is 4.21. The van der Waals surface area contributed by atoms with Gasteiger partial charge in [-0.1, -0.05) is 31.7 Å². The summed E-state index contributed by atoms with van der Waals surface area (Å²) in [5.74, 6) is -0.573. The number of hydrogen-bond acceptors (Lipinski definition) is 2. The molecule has 17 heavy (non-hydrogen) atoms. The molecule has 0 atom stereocenters. The molecule has 0 saturated heterocycles. The standard InChI is InChI=1S/C14H20O2S/c15-13(16)14(8-3-1-2-4-9-14)10-7-12-6-5-11-17-12/h5-6,11H,1-4,7-10H2,(H,15,16). The third-order valence-electron chi connectivity index (χ3n) is 3.94. The fourth-order valence-electron chi connectivity index (χ4n) is 2.79. The van der Waals surface area contributed by atoms with Crippen molar-refractivity contribution >= 4 is 17.3 Å². The molecule has 0 amide bonds. The zero-order chi connectivity index (χ0) is 12.1. The van der Waals surface area contributed by atoms with Crippen molar-refractivity contribution in [3.8, 4) is 0 Å². The topological polar surface area (TPSA) is 37.3 Å². The highest BCUT2D eigenvalue weighted by atomic mass is 32.1. The molecule has 0 unspecified atom stereocenters. The largest absolute Gasteiger partial charge is 0.481 e. The molecule has 1 heterocycles. The molecule has 2 nitrogen and oxygen atoms in total. The van der Waals surface area contributed by atoms with E-state index in [0.29, 0.717) is 0 Å². The molecule has 0 spiro atoms. The Morgan fingerprint density at radius 1 is 1.29 bits per heavy atom. The van der Waals surface area contributed by atoms with E-state index in [1.807, 2.05) is 6.07 Å². The number of carboxylic acid groups (broad SMARTS) is 1. The first-order chi connectivity index (χ1) is 8.23. The summed E-state index contributed by atoms with van der Waals surface area (Å²) in [4.78, 5) is 12.9. The average Bonchev–Trinajstić information content (AvgIpc) is 2.71. The molecule has 1 aromatic rings. The second kappa shape index (κ2) is 5.67. The van der Waals surface area contributed by atoms with Gasteiger partial charge in [-0.3, -0.25) is 4.79 Å². The van der Waals surface area contributed by atoms with Crippen molar-refractivity contribution in [1.29, 1.82) is 0 Å². The normalized spacial score (nSPS) is 19.8. The zero-order valence-corrected chi connectivity index (χ0v) is 11.0. The molecule has 1 aliphatic carbocycles. The Balaban J connectivity index is 2.02. The minimum Gasteiger partial charge on any atom is -0.481 e. The van der Waals surface area contributed by atoms with Gasteiger partial charge in [0.1, 0.15) is 0 Å². The predicted molar refractivity (Wildman–Crippen MR) is 70.4 cm³/mol. The van der Waals surface area contributed by atoms with Gasteiger partial charge in [-0.2, -0.15) is 0 Å². The van der Waals surface area contributed by atoms with E-state index in [1.54, 1.807) is 11.3 Å². The van der Waals surface area contributed by atoms with Crippen LogP contribution in [0.15, 0.2) is 17.5 Å². The van der Waals surface area contributed by atoms with Crippen molar-refractivity contribution in [2.75, 3.05) is 0 Å². The fraction of sp³-hybridized carbons (Fsp3) is 0.643. The van der Waals surface area contributed by atoms with Gasteiger partial charge in [0, 0.05) is 4.88 Å². The molecule has 0 bridgehead atoms. The van der Waals surface area contributed by atoms with Crippen molar-refractivity contribution in [3.05, 3.63) is 22.4 Å². The van der Waals surface area contributed by atoms with Crippen LogP contribution in [0.5, 0.6) is 0 Å². The van der Waals surface area contributed by atoms with Gasteiger partial charge in [0.15, 0.2) is 0 Å². The van der Waals surface area contributed by atoms with E-state index in [4.69, 9.17) is 0 Å². The van der Waals surface area contributed by atoms with Crippen LogP contribution in [0.3, 0.4) is 0 Å². The van der Waals surface area contributed by atoms with Crippen molar-refractivity contribution in [2.45, 2.75) is 51.4 Å². The number of thiophene rings is 1. The van der Waals surface area contributed by atoms with Crippen LogP contribution in [0, 0.1) is 5.41 Å². The van der Waals surface area contributed by atoms with Gasteiger partial charge in [0.05, 0.1) is 5.41 Å². The summed E-state index contributed by atoms with van der Waals surface area (Å²) in [6.45, 7) is 0. The molecule has 1 aromatic heterocycles. The summed E-state index contributed by atoms with van der Waals surface area (Å²) in [7, 11) is 0. The van der Waals surface area contributed by atoms with Crippen molar-refractivity contribution < 1.29 is 9.90 Å². The smallest absolute Gasteiger partial charge is 0.309 e. The van der Waals surface area contributed by atoms with E-state index in [1.165, 1.54) is 17.7 Å². The molecule has 1 saturated carbocycles. The van der Waals surface area contributed by atoms with Crippen LogP contribution in [-0.2, 0) is 11.2 Å². The van der Waals surface area contributed by atoms with E-state index in [9.17, 15) is 9.90 Å². The summed E-state index contributed by atoms with van der Waals surface area (Å²) < 4.78 is 0. The molecule has 3 heteroatoms. The van der Waals surface area contributed by atoms with E-state index in [2.05, 4.69) is 11.4 Å². The molecule has 1 N–H and O–H groups in total. The molecular weight excluding hydrogens is 232 g/mol. The fourth-order valence-corrected chi connectivity index (χ4v) is 3.50. The SMILES string of the molecule is O=C(O)C1(CCc2cccs2)CCCCCC1. The summed E-state index contributed by atoms with van der Waals surface area (Å²) in [6, 6.07) is 4.15. The predicted octanol–water partition coefficient (Wildman–Crippen LogP) is 4.11. The Hall–Kier alpha value is -0.830. The van der Waals surface area contributed by atoms with Crippen molar-refractivity contribution in [2.24, 2.45) is 5.41 Å². The van der Waals surface area contributed by atoms with Gasteiger partial charge in [-0.25, -0.2) is 0 Å². The third kappa shape index (κ3) is 3.09. The molecule has 2 rings (SSSR count). The summed E-state index contributed by atoms with van der Waals surface area (Å²) in [5.41, 5.74) is -0.444. The van der Waals surface area contributed by atoms with Crippen LogP contribution in [0.4, 0.5) is 0 Å². The van der Waals surface area contributed by atoms with Crippen LogP contribution < -0.4 is 0 Å². The van der Waals surface area contributed by atoms with Gasteiger partial charge in [-0.05, 0) is 37.1 Å². The highest BCUT2D eigenvalue weighted by molar-refractivity contribution is 7.09. The second-order valence-electron chi connectivity index (χ2n) is 5.08. The lowest BCUT2D eigenvalue weighted by atomic mass is 9.76. The monoisotopic (exact) mass is 252 g/mol.